The van der Waals surface area contributed by atoms with Crippen LogP contribution in [-0.2, 0) is 15.0 Å². The molecule has 0 aliphatic carbocycles. The van der Waals surface area contributed by atoms with Gasteiger partial charge in [-0.3, -0.25) is 14.5 Å². The van der Waals surface area contributed by atoms with Crippen molar-refractivity contribution in [3.8, 4) is 0 Å². The van der Waals surface area contributed by atoms with Crippen LogP contribution in [0.2, 0.25) is 11.8 Å². The minimum absolute atomic E-state index is 0.0272. The lowest BCUT2D eigenvalue weighted by atomic mass is 9.73. The number of carbonyl (C=O) groups is 2. The van der Waals surface area contributed by atoms with Gasteiger partial charge in [-0.2, -0.15) is 0 Å². The van der Waals surface area contributed by atoms with E-state index in [0.29, 0.717) is 69.1 Å². The molecule has 2 saturated heterocycles. The van der Waals surface area contributed by atoms with Crippen molar-refractivity contribution >= 4 is 36.2 Å². The van der Waals surface area contributed by atoms with Crippen LogP contribution in [0.4, 0.5) is 14.5 Å². The average molecular weight is 615 g/mol. The summed E-state index contributed by atoms with van der Waals surface area (Å²) in [7, 11) is -0.620. The Kier molecular flexibility index (Phi) is 8.98. The molecule has 0 unspecified atom stereocenters. The van der Waals surface area contributed by atoms with Gasteiger partial charge in [-0.05, 0) is 95.2 Å². The first-order chi connectivity index (χ1) is 20.2. The largest absolute Gasteiger partial charge is 0.437 e. The molecule has 2 aromatic carbocycles. The zero-order chi connectivity index (χ0) is 31.3. The molecule has 5 rings (SSSR count). The number of nitrogens with zero attached hydrogens (tertiary/aromatic N) is 3. The Morgan fingerprint density at radius 1 is 1.16 bits per heavy atom. The highest BCUT2D eigenvalue weighted by atomic mass is 35.5. The zero-order valence-corrected chi connectivity index (χ0v) is 26.5. The summed E-state index contributed by atoms with van der Waals surface area (Å²) in [5.41, 5.74) is 2.05. The Hall–Kier alpha value is -2.53. The van der Waals surface area contributed by atoms with Crippen molar-refractivity contribution in [2.45, 2.75) is 70.7 Å². The van der Waals surface area contributed by atoms with Gasteiger partial charge in [-0.15, -0.1) is 0 Å². The monoisotopic (exact) mass is 614 g/mol. The average Bonchev–Trinajstić information content (AvgIpc) is 3.47. The molecule has 2 fully saturated rings. The van der Waals surface area contributed by atoms with Crippen LogP contribution in [0.1, 0.15) is 62.6 Å². The lowest BCUT2D eigenvalue weighted by molar-refractivity contribution is -0.139. The number of benzene rings is 2. The van der Waals surface area contributed by atoms with E-state index in [0.717, 1.165) is 22.9 Å². The van der Waals surface area contributed by atoms with Gasteiger partial charge in [0.2, 0.25) is 11.8 Å². The molecule has 0 bridgehead atoms. The van der Waals surface area contributed by atoms with E-state index < -0.39 is 35.9 Å². The topological polar surface area (TPSA) is 76.1 Å². The van der Waals surface area contributed by atoms with E-state index >= 15 is 0 Å². The minimum Gasteiger partial charge on any atom is -0.437 e. The van der Waals surface area contributed by atoms with Crippen LogP contribution in [0.15, 0.2) is 30.3 Å². The molecule has 2 atom stereocenters. The number of amides is 2. The number of halogens is 3. The third kappa shape index (κ3) is 6.08. The van der Waals surface area contributed by atoms with E-state index in [2.05, 4.69) is 30.9 Å². The molecule has 0 aromatic heterocycles. The van der Waals surface area contributed by atoms with Gasteiger partial charge in [0.1, 0.15) is 11.6 Å². The Labute approximate surface area is 258 Å². The second kappa shape index (κ2) is 12.1. The van der Waals surface area contributed by atoms with Crippen molar-refractivity contribution < 1.29 is 23.4 Å². The van der Waals surface area contributed by atoms with Gasteiger partial charge in [-0.25, -0.2) is 8.78 Å². The molecule has 2 amide bonds. The summed E-state index contributed by atoms with van der Waals surface area (Å²) < 4.78 is 28.7. The molecular weight excluding hydrogens is 573 g/mol. The predicted octanol–water partition coefficient (Wildman–Crippen LogP) is 4.74. The van der Waals surface area contributed by atoms with Gasteiger partial charge >= 0.3 is 7.05 Å². The molecule has 0 saturated carbocycles. The van der Waals surface area contributed by atoms with Crippen LogP contribution in [0.5, 0.6) is 0 Å². The molecule has 2 aromatic rings. The smallest absolute Gasteiger partial charge is 0.373 e. The van der Waals surface area contributed by atoms with E-state index in [-0.39, 0.29) is 17.4 Å². The standard InChI is InChI=1S/C32H42BClF2N4O3/c1-20-15-28-25(17-26(20)34)32(30(42)40(28)12-6-11-37-33(5)43)9-13-38(14-10-32)29(41)24-19-39(31(2,3)4)18-23(24)22-8-7-21(35)16-27(22)36/h7-8,15-17,23-24,37,43H,6,9-14,18-19H2,1-5H3/t23-,24+/m0/s1. The molecule has 3 aliphatic heterocycles. The maximum Gasteiger partial charge on any atom is 0.373 e. The molecule has 3 aliphatic rings. The quantitative estimate of drug-likeness (QED) is 0.348. The van der Waals surface area contributed by atoms with E-state index in [1.54, 1.807) is 6.82 Å². The third-order valence-electron chi connectivity index (χ3n) is 9.61. The fourth-order valence-corrected chi connectivity index (χ4v) is 7.24. The van der Waals surface area contributed by atoms with Gasteiger partial charge < -0.3 is 20.1 Å². The second-order valence-electron chi connectivity index (χ2n) is 13.4. The first kappa shape index (κ1) is 31.9. The summed E-state index contributed by atoms with van der Waals surface area (Å²) in [5, 5.41) is 13.1. The van der Waals surface area contributed by atoms with E-state index in [1.807, 2.05) is 28.9 Å². The van der Waals surface area contributed by atoms with Crippen molar-refractivity contribution in [2.75, 3.05) is 44.2 Å². The van der Waals surface area contributed by atoms with Crippen LogP contribution >= 0.6 is 11.6 Å². The first-order valence-electron chi connectivity index (χ1n) is 15.3. The number of fused-ring (bicyclic) bond motifs is 2. The SMILES string of the molecule is CB(O)NCCCN1C(=O)C2(CCN(C(=O)[C@@H]3CN(C(C)(C)C)C[C@H]3c3ccc(F)cc3F)CC2)c2cc(Cl)c(C)cc21. The summed E-state index contributed by atoms with van der Waals surface area (Å²) in [6.07, 6.45) is 1.61. The summed E-state index contributed by atoms with van der Waals surface area (Å²) in [6.45, 7) is 12.7. The van der Waals surface area contributed by atoms with Crippen molar-refractivity contribution in [2.24, 2.45) is 5.92 Å². The van der Waals surface area contributed by atoms with Crippen LogP contribution in [0.3, 0.4) is 0 Å². The van der Waals surface area contributed by atoms with Crippen LogP contribution in [0, 0.1) is 24.5 Å². The molecule has 43 heavy (non-hydrogen) atoms. The molecular formula is C32H42BClF2N4O3. The second-order valence-corrected chi connectivity index (χ2v) is 13.8. The summed E-state index contributed by atoms with van der Waals surface area (Å²) in [4.78, 5) is 34.1. The number of nitrogens with one attached hydrogen (secondary N) is 1. The Morgan fingerprint density at radius 2 is 1.86 bits per heavy atom. The Balaban J connectivity index is 1.37. The number of aryl methyl sites for hydroxylation is 1. The number of carbonyl (C=O) groups excluding carboxylic acids is 2. The first-order valence-corrected chi connectivity index (χ1v) is 15.6. The third-order valence-corrected chi connectivity index (χ3v) is 10.0. The number of rotatable bonds is 7. The van der Waals surface area contributed by atoms with Gasteiger partial charge in [-0.1, -0.05) is 17.7 Å². The van der Waals surface area contributed by atoms with Crippen LogP contribution in [-0.4, -0.2) is 78.5 Å². The zero-order valence-electron chi connectivity index (χ0n) is 25.7. The summed E-state index contributed by atoms with van der Waals surface area (Å²) in [6, 6.07) is 7.51. The van der Waals surface area contributed by atoms with E-state index in [1.165, 1.54) is 12.1 Å². The predicted molar refractivity (Wildman–Crippen MR) is 166 cm³/mol. The van der Waals surface area contributed by atoms with Gasteiger partial charge in [0.15, 0.2) is 0 Å². The molecule has 0 radical (unpaired) electrons. The Morgan fingerprint density at radius 3 is 2.49 bits per heavy atom. The highest BCUT2D eigenvalue weighted by Gasteiger charge is 2.53. The lowest BCUT2D eigenvalue weighted by Gasteiger charge is -2.40. The fraction of sp³-hybridized carbons (Fsp3) is 0.562. The normalized spacial score (nSPS) is 22.0. The van der Waals surface area contributed by atoms with E-state index in [9.17, 15) is 23.4 Å². The van der Waals surface area contributed by atoms with Gasteiger partial charge in [0.05, 0.1) is 11.3 Å². The molecule has 7 nitrogen and oxygen atoms in total. The fourth-order valence-electron chi connectivity index (χ4n) is 7.07. The summed E-state index contributed by atoms with van der Waals surface area (Å²) >= 11 is 6.57. The van der Waals surface area contributed by atoms with Crippen molar-refractivity contribution in [1.29, 1.82) is 0 Å². The number of likely N-dealkylation sites (tertiary alicyclic amines) is 2. The maximum absolute atomic E-state index is 15.0. The van der Waals surface area contributed by atoms with Crippen LogP contribution < -0.4 is 10.1 Å². The highest BCUT2D eigenvalue weighted by Crippen LogP contribution is 2.50. The lowest BCUT2D eigenvalue weighted by Crippen LogP contribution is -2.52. The molecule has 11 heteroatoms. The van der Waals surface area contributed by atoms with Crippen molar-refractivity contribution in [3.05, 3.63) is 63.7 Å². The summed E-state index contributed by atoms with van der Waals surface area (Å²) in [5.74, 6) is -2.16. The minimum atomic E-state index is -0.767. The molecule has 232 valence electrons. The van der Waals surface area contributed by atoms with Crippen LogP contribution in [0.25, 0.3) is 0 Å². The number of hydrogen-bond donors (Lipinski definition) is 2. The number of anilines is 1. The van der Waals surface area contributed by atoms with Crippen molar-refractivity contribution in [3.63, 3.8) is 0 Å². The van der Waals surface area contributed by atoms with Gasteiger partial charge in [0, 0.05) is 61.0 Å². The van der Waals surface area contributed by atoms with Crippen molar-refractivity contribution in [1.82, 2.24) is 15.0 Å². The maximum atomic E-state index is 15.0. The molecule has 2 N–H and O–H groups in total. The molecule has 1 spiro atoms. The molecule has 3 heterocycles. The Bertz CT molecular complexity index is 1390. The highest BCUT2D eigenvalue weighted by molar-refractivity contribution is 6.45. The number of piperidine rings is 1. The number of hydrogen-bond acceptors (Lipinski definition) is 5. The van der Waals surface area contributed by atoms with Gasteiger partial charge in [0.25, 0.3) is 0 Å². The van der Waals surface area contributed by atoms with E-state index in [4.69, 9.17) is 11.6 Å².